The smallest absolute Gasteiger partial charge is 0.238 e. The molecule has 0 radical (unpaired) electrons. The van der Waals surface area contributed by atoms with Gasteiger partial charge >= 0.3 is 0 Å². The van der Waals surface area contributed by atoms with E-state index in [1.54, 1.807) is 12.1 Å². The summed E-state index contributed by atoms with van der Waals surface area (Å²) in [6.45, 7) is 6.70. The van der Waals surface area contributed by atoms with E-state index in [-0.39, 0.29) is 10.4 Å². The van der Waals surface area contributed by atoms with Crippen molar-refractivity contribution in [2.45, 2.75) is 75.3 Å². The molecular weight excluding hydrogens is 398 g/mol. The summed E-state index contributed by atoms with van der Waals surface area (Å²) in [4.78, 5) is 7.59. The van der Waals surface area contributed by atoms with Crippen molar-refractivity contribution in [3.63, 3.8) is 0 Å². The molecule has 1 aromatic carbocycles. The number of nitrogens with zero attached hydrogens (tertiary/aromatic N) is 2. The van der Waals surface area contributed by atoms with E-state index in [0.29, 0.717) is 6.54 Å². The second-order valence-electron chi connectivity index (χ2n) is 8.57. The molecule has 1 aromatic rings. The topological polar surface area (TPSA) is 99.8 Å². The molecule has 2 aliphatic rings. The first-order valence-corrected chi connectivity index (χ1v) is 12.9. The first-order valence-electron chi connectivity index (χ1n) is 11.3. The maximum absolute atomic E-state index is 11.4. The van der Waals surface area contributed by atoms with Crippen molar-refractivity contribution >= 4 is 16.0 Å². The highest BCUT2D eigenvalue weighted by Crippen LogP contribution is 2.35. The highest BCUT2D eigenvalue weighted by molar-refractivity contribution is 7.89. The fraction of sp³-hybridized carbons (Fsp3) is 0.682. The summed E-state index contributed by atoms with van der Waals surface area (Å²) in [5.74, 6) is 0.815. The maximum Gasteiger partial charge on any atom is 0.238 e. The summed E-state index contributed by atoms with van der Waals surface area (Å²) in [5.41, 5.74) is 1.19. The van der Waals surface area contributed by atoms with E-state index < -0.39 is 10.0 Å². The van der Waals surface area contributed by atoms with Crippen LogP contribution in [-0.2, 0) is 16.6 Å². The van der Waals surface area contributed by atoms with Gasteiger partial charge in [-0.2, -0.15) is 0 Å². The zero-order valence-electron chi connectivity index (χ0n) is 18.2. The number of guanidine groups is 1. The van der Waals surface area contributed by atoms with Gasteiger partial charge in [-0.1, -0.05) is 37.8 Å². The number of benzene rings is 1. The van der Waals surface area contributed by atoms with E-state index in [9.17, 15) is 8.42 Å². The lowest BCUT2D eigenvalue weighted by Crippen LogP contribution is -2.59. The Morgan fingerprint density at radius 1 is 1.03 bits per heavy atom. The number of piperidine rings is 1. The van der Waals surface area contributed by atoms with Gasteiger partial charge in [-0.3, -0.25) is 4.90 Å². The highest BCUT2D eigenvalue weighted by Gasteiger charge is 2.38. The number of nitrogens with two attached hydrogens (primary N) is 1. The summed E-state index contributed by atoms with van der Waals surface area (Å²) < 4.78 is 22.8. The molecule has 2 fully saturated rings. The molecule has 0 atom stereocenters. The van der Waals surface area contributed by atoms with Gasteiger partial charge < -0.3 is 10.6 Å². The Kier molecular flexibility index (Phi) is 8.13. The van der Waals surface area contributed by atoms with Crippen LogP contribution in [0.5, 0.6) is 0 Å². The lowest BCUT2D eigenvalue weighted by molar-refractivity contribution is 0.0368. The van der Waals surface area contributed by atoms with E-state index >= 15 is 0 Å². The van der Waals surface area contributed by atoms with Gasteiger partial charge in [0, 0.05) is 18.6 Å². The molecule has 0 bridgehead atoms. The number of hydrogen-bond acceptors (Lipinski definition) is 4. The van der Waals surface area contributed by atoms with E-state index in [4.69, 9.17) is 10.1 Å². The molecule has 0 unspecified atom stereocenters. The van der Waals surface area contributed by atoms with E-state index in [2.05, 4.69) is 22.5 Å². The molecule has 0 aromatic heterocycles. The molecule has 30 heavy (non-hydrogen) atoms. The van der Waals surface area contributed by atoms with Gasteiger partial charge in [0.15, 0.2) is 5.96 Å². The summed E-state index contributed by atoms with van der Waals surface area (Å²) in [7, 11) is -3.66. The van der Waals surface area contributed by atoms with Crippen LogP contribution in [0.1, 0.15) is 63.9 Å². The molecule has 4 N–H and O–H groups in total. The fourth-order valence-corrected chi connectivity index (χ4v) is 5.24. The number of aliphatic imine (C=N–C) groups is 1. The second kappa shape index (κ2) is 10.6. The van der Waals surface area contributed by atoms with Gasteiger partial charge in [0.05, 0.1) is 11.4 Å². The molecule has 1 heterocycles. The number of sulfonamides is 1. The Morgan fingerprint density at radius 3 is 2.27 bits per heavy atom. The minimum Gasteiger partial charge on any atom is -0.357 e. The summed E-state index contributed by atoms with van der Waals surface area (Å²) >= 11 is 0. The van der Waals surface area contributed by atoms with Crippen molar-refractivity contribution in [3.8, 4) is 0 Å². The first-order chi connectivity index (χ1) is 14.4. The van der Waals surface area contributed by atoms with Crippen molar-refractivity contribution in [1.82, 2.24) is 15.5 Å². The van der Waals surface area contributed by atoms with Crippen LogP contribution >= 0.6 is 0 Å². The predicted molar refractivity (Wildman–Crippen MR) is 122 cm³/mol. The van der Waals surface area contributed by atoms with Crippen molar-refractivity contribution in [3.05, 3.63) is 29.8 Å². The molecule has 1 aliphatic carbocycles. The number of nitrogens with one attached hydrogen (secondary N) is 2. The van der Waals surface area contributed by atoms with Crippen LogP contribution in [0, 0.1) is 0 Å². The molecule has 1 saturated heterocycles. The van der Waals surface area contributed by atoms with Crippen LogP contribution in [0.2, 0.25) is 0 Å². The van der Waals surface area contributed by atoms with Gasteiger partial charge in [-0.15, -0.1) is 0 Å². The SMILES string of the molecule is CCNC(=NCc1ccc(S(N)(=O)=O)cc1)NCC1(N2CCCCC2)CCCCC1. The predicted octanol–water partition coefficient (Wildman–Crippen LogP) is 2.58. The van der Waals surface area contributed by atoms with Crippen LogP contribution in [0.15, 0.2) is 34.2 Å². The van der Waals surface area contributed by atoms with Crippen molar-refractivity contribution in [2.24, 2.45) is 10.1 Å². The quantitative estimate of drug-likeness (QED) is 0.451. The average molecular weight is 436 g/mol. The molecule has 1 aliphatic heterocycles. The Balaban J connectivity index is 1.66. The molecule has 0 amide bonds. The first kappa shape index (κ1) is 23.0. The number of rotatable bonds is 7. The monoisotopic (exact) mass is 435 g/mol. The van der Waals surface area contributed by atoms with E-state index in [0.717, 1.165) is 24.6 Å². The van der Waals surface area contributed by atoms with Gasteiger partial charge in [0.2, 0.25) is 10.0 Å². The number of primary sulfonamides is 1. The van der Waals surface area contributed by atoms with Gasteiger partial charge in [-0.05, 0) is 63.4 Å². The highest BCUT2D eigenvalue weighted by atomic mass is 32.2. The van der Waals surface area contributed by atoms with Gasteiger partial charge in [-0.25, -0.2) is 18.5 Å². The minimum absolute atomic E-state index is 0.126. The van der Waals surface area contributed by atoms with Crippen LogP contribution in [-0.4, -0.2) is 51.0 Å². The standard InChI is InChI=1S/C22H37N5O2S/c1-2-24-21(25-17-19-9-11-20(12-10-19)30(23,28)29)26-18-22(13-5-3-6-14-22)27-15-7-4-8-16-27/h9-12H,2-8,13-18H2,1H3,(H2,23,28,29)(H2,24,25,26). The summed E-state index contributed by atoms with van der Waals surface area (Å²) in [6.07, 6.45) is 10.5. The lowest BCUT2D eigenvalue weighted by atomic mass is 9.79. The Labute approximate surface area is 181 Å². The van der Waals surface area contributed by atoms with Crippen LogP contribution in [0.4, 0.5) is 0 Å². The molecule has 168 valence electrons. The third-order valence-electron chi connectivity index (χ3n) is 6.41. The zero-order valence-corrected chi connectivity index (χ0v) is 19.0. The maximum atomic E-state index is 11.4. The van der Waals surface area contributed by atoms with E-state index in [1.165, 1.54) is 76.6 Å². The summed E-state index contributed by atoms with van der Waals surface area (Å²) in [5, 5.41) is 12.1. The molecule has 0 spiro atoms. The second-order valence-corrected chi connectivity index (χ2v) is 10.1. The lowest BCUT2D eigenvalue weighted by Gasteiger charge is -2.48. The fourth-order valence-electron chi connectivity index (χ4n) is 4.73. The zero-order chi connectivity index (χ0) is 21.5. The Morgan fingerprint density at radius 2 is 1.67 bits per heavy atom. The molecule has 1 saturated carbocycles. The number of likely N-dealkylation sites (tertiary alicyclic amines) is 1. The third kappa shape index (κ3) is 6.18. The largest absolute Gasteiger partial charge is 0.357 e. The number of hydrogen-bond donors (Lipinski definition) is 3. The Hall–Kier alpha value is -1.64. The average Bonchev–Trinajstić information content (AvgIpc) is 2.76. The summed E-state index contributed by atoms with van der Waals surface area (Å²) in [6, 6.07) is 6.61. The van der Waals surface area contributed by atoms with Crippen molar-refractivity contribution in [1.29, 1.82) is 0 Å². The van der Waals surface area contributed by atoms with Crippen LogP contribution in [0.25, 0.3) is 0 Å². The van der Waals surface area contributed by atoms with Crippen molar-refractivity contribution < 1.29 is 8.42 Å². The molecule has 8 heteroatoms. The van der Waals surface area contributed by atoms with Crippen molar-refractivity contribution in [2.75, 3.05) is 26.2 Å². The normalized spacial score (nSPS) is 20.7. The molecule has 7 nitrogen and oxygen atoms in total. The molecule has 3 rings (SSSR count). The van der Waals surface area contributed by atoms with Crippen LogP contribution in [0.3, 0.4) is 0 Å². The minimum atomic E-state index is -3.66. The Bertz CT molecular complexity index is 795. The van der Waals surface area contributed by atoms with Gasteiger partial charge in [0.1, 0.15) is 0 Å². The van der Waals surface area contributed by atoms with Gasteiger partial charge in [0.25, 0.3) is 0 Å². The third-order valence-corrected chi connectivity index (χ3v) is 7.34. The molecular formula is C22H37N5O2S. The van der Waals surface area contributed by atoms with Crippen LogP contribution < -0.4 is 15.8 Å². The van der Waals surface area contributed by atoms with E-state index in [1.807, 2.05) is 0 Å².